The van der Waals surface area contributed by atoms with Crippen molar-refractivity contribution in [3.05, 3.63) is 76.9 Å². The molecular weight excluding hydrogens is 318 g/mol. The molecule has 1 heterocycles. The smallest absolute Gasteiger partial charge is 0.136 e. The van der Waals surface area contributed by atoms with Crippen LogP contribution in [-0.4, -0.2) is 18.9 Å². The number of carbonyl (C=O) groups is 1. The fraction of sp³-hybridized carbons (Fsp3) is 0.375. The van der Waals surface area contributed by atoms with Gasteiger partial charge in [-0.25, -0.2) is 0 Å². The van der Waals surface area contributed by atoms with E-state index < -0.39 is 0 Å². The van der Waals surface area contributed by atoms with Crippen LogP contribution in [0, 0.1) is 5.41 Å². The quantitative estimate of drug-likeness (QED) is 0.880. The zero-order chi connectivity index (χ0) is 18.0. The van der Waals surface area contributed by atoms with Crippen LogP contribution in [0.25, 0.3) is 5.57 Å². The predicted octanol–water partition coefficient (Wildman–Crippen LogP) is 4.57. The molecule has 2 aliphatic rings. The summed E-state index contributed by atoms with van der Waals surface area (Å²) in [6, 6.07) is 17.5. The van der Waals surface area contributed by atoms with Gasteiger partial charge in [0.25, 0.3) is 0 Å². The summed E-state index contributed by atoms with van der Waals surface area (Å²) in [5.41, 5.74) is 6.86. The fourth-order valence-corrected chi connectivity index (χ4v) is 4.39. The third kappa shape index (κ3) is 3.39. The van der Waals surface area contributed by atoms with E-state index in [0.717, 1.165) is 25.1 Å². The van der Waals surface area contributed by atoms with Crippen molar-refractivity contribution < 1.29 is 4.79 Å². The van der Waals surface area contributed by atoms with Crippen molar-refractivity contribution in [1.82, 2.24) is 5.32 Å². The number of allylic oxidation sites excluding steroid dienone is 1. The molecule has 134 valence electrons. The standard InChI is InChI=1S/C24H27NO/c1-2-21(26)15-18-7-9-19(10-8-18)23-17-24(11-13-25-14-12-24)16-20-5-3-4-6-22(20)23/h3-10,17,25H,2,11-16H2,1H3. The molecule has 1 saturated heterocycles. The Morgan fingerprint density at radius 3 is 2.50 bits per heavy atom. The molecular formula is C24H27NO. The third-order valence-electron chi connectivity index (χ3n) is 5.96. The number of nitrogens with one attached hydrogen (secondary N) is 1. The van der Waals surface area contributed by atoms with Crippen molar-refractivity contribution in [2.45, 2.75) is 39.0 Å². The third-order valence-corrected chi connectivity index (χ3v) is 5.96. The van der Waals surface area contributed by atoms with Crippen molar-refractivity contribution in [3.8, 4) is 0 Å². The Hall–Kier alpha value is -2.19. The van der Waals surface area contributed by atoms with Gasteiger partial charge in [-0.3, -0.25) is 4.79 Å². The van der Waals surface area contributed by atoms with E-state index in [4.69, 9.17) is 0 Å². The molecule has 4 rings (SSSR count). The van der Waals surface area contributed by atoms with E-state index in [1.807, 2.05) is 6.92 Å². The van der Waals surface area contributed by atoms with E-state index >= 15 is 0 Å². The summed E-state index contributed by atoms with van der Waals surface area (Å²) in [4.78, 5) is 11.7. The largest absolute Gasteiger partial charge is 0.317 e. The van der Waals surface area contributed by atoms with Crippen molar-refractivity contribution in [3.63, 3.8) is 0 Å². The SMILES string of the molecule is CCC(=O)Cc1ccc(C2=CC3(CCNCC3)Cc3ccccc32)cc1. The number of piperidine rings is 1. The Labute approximate surface area is 156 Å². The molecule has 1 N–H and O–H groups in total. The number of hydrogen-bond donors (Lipinski definition) is 1. The molecule has 2 aromatic rings. The van der Waals surface area contributed by atoms with Gasteiger partial charge in [-0.15, -0.1) is 0 Å². The van der Waals surface area contributed by atoms with E-state index in [9.17, 15) is 4.79 Å². The second-order valence-electron chi connectivity index (χ2n) is 7.77. The maximum atomic E-state index is 11.7. The van der Waals surface area contributed by atoms with Crippen LogP contribution >= 0.6 is 0 Å². The van der Waals surface area contributed by atoms with Crippen LogP contribution in [0.5, 0.6) is 0 Å². The van der Waals surface area contributed by atoms with Gasteiger partial charge >= 0.3 is 0 Å². The normalized spacial score (nSPS) is 18.3. The van der Waals surface area contributed by atoms with Gasteiger partial charge in [-0.05, 0) is 65.6 Å². The van der Waals surface area contributed by atoms with Gasteiger partial charge in [-0.2, -0.15) is 0 Å². The molecule has 0 unspecified atom stereocenters. The first-order valence-electron chi connectivity index (χ1n) is 9.82. The van der Waals surface area contributed by atoms with Crippen LogP contribution in [0.3, 0.4) is 0 Å². The summed E-state index contributed by atoms with van der Waals surface area (Å²) < 4.78 is 0. The zero-order valence-electron chi connectivity index (χ0n) is 15.6. The van der Waals surface area contributed by atoms with Gasteiger partial charge in [0, 0.05) is 12.8 Å². The first-order chi connectivity index (χ1) is 12.7. The van der Waals surface area contributed by atoms with Crippen LogP contribution in [0.1, 0.15) is 48.4 Å². The van der Waals surface area contributed by atoms with Crippen LogP contribution in [-0.2, 0) is 17.6 Å². The highest BCUT2D eigenvalue weighted by Gasteiger charge is 2.34. The van der Waals surface area contributed by atoms with Crippen LogP contribution in [0.15, 0.2) is 54.6 Å². The number of fused-ring (bicyclic) bond motifs is 1. The molecule has 1 fully saturated rings. The van der Waals surface area contributed by atoms with Gasteiger partial charge in [0.05, 0.1) is 0 Å². The molecule has 1 aliphatic carbocycles. The predicted molar refractivity (Wildman–Crippen MR) is 107 cm³/mol. The molecule has 0 amide bonds. The molecule has 26 heavy (non-hydrogen) atoms. The minimum atomic E-state index is 0.284. The average Bonchev–Trinajstić information content (AvgIpc) is 2.68. The molecule has 0 radical (unpaired) electrons. The summed E-state index contributed by atoms with van der Waals surface area (Å²) in [7, 11) is 0. The zero-order valence-corrected chi connectivity index (χ0v) is 15.6. The highest BCUT2D eigenvalue weighted by atomic mass is 16.1. The number of ketones is 1. The maximum absolute atomic E-state index is 11.7. The minimum absolute atomic E-state index is 0.284. The Kier molecular flexibility index (Phi) is 4.78. The molecule has 0 saturated carbocycles. The van der Waals surface area contributed by atoms with E-state index in [1.54, 1.807) is 0 Å². The van der Waals surface area contributed by atoms with Crippen LogP contribution in [0.4, 0.5) is 0 Å². The molecule has 2 nitrogen and oxygen atoms in total. The van der Waals surface area contributed by atoms with Crippen LogP contribution < -0.4 is 5.32 Å². The molecule has 1 spiro atoms. The number of benzene rings is 2. The van der Waals surface area contributed by atoms with Gasteiger partial charge in [0.15, 0.2) is 0 Å². The van der Waals surface area contributed by atoms with E-state index in [1.165, 1.54) is 35.1 Å². The van der Waals surface area contributed by atoms with Gasteiger partial charge in [-0.1, -0.05) is 61.5 Å². The minimum Gasteiger partial charge on any atom is -0.317 e. The second kappa shape index (κ2) is 7.20. The van der Waals surface area contributed by atoms with Crippen molar-refractivity contribution >= 4 is 11.4 Å². The van der Waals surface area contributed by atoms with Gasteiger partial charge < -0.3 is 5.32 Å². The summed E-state index contributed by atoms with van der Waals surface area (Å²) in [6.07, 6.45) is 7.25. The number of carbonyl (C=O) groups excluding carboxylic acids is 1. The van der Waals surface area contributed by atoms with E-state index in [2.05, 4.69) is 59.9 Å². The van der Waals surface area contributed by atoms with Crippen molar-refractivity contribution in [2.75, 3.05) is 13.1 Å². The Bertz CT molecular complexity index is 826. The first-order valence-corrected chi connectivity index (χ1v) is 9.82. The molecule has 0 atom stereocenters. The summed E-state index contributed by atoms with van der Waals surface area (Å²) >= 11 is 0. The van der Waals surface area contributed by atoms with Crippen molar-refractivity contribution in [1.29, 1.82) is 0 Å². The first kappa shape index (κ1) is 17.2. The van der Waals surface area contributed by atoms with Gasteiger partial charge in [0.2, 0.25) is 0 Å². The number of rotatable bonds is 4. The monoisotopic (exact) mass is 345 g/mol. The van der Waals surface area contributed by atoms with E-state index in [0.29, 0.717) is 18.6 Å². The summed E-state index contributed by atoms with van der Waals surface area (Å²) in [5.74, 6) is 0.300. The summed E-state index contributed by atoms with van der Waals surface area (Å²) in [5, 5.41) is 3.50. The lowest BCUT2D eigenvalue weighted by Crippen LogP contribution is -2.38. The number of Topliss-reactive ketones (excluding diaryl/α,β-unsaturated/α-hetero) is 1. The lowest BCUT2D eigenvalue weighted by Gasteiger charge is -2.39. The lowest BCUT2D eigenvalue weighted by molar-refractivity contribution is -0.118. The molecule has 0 aromatic heterocycles. The van der Waals surface area contributed by atoms with E-state index in [-0.39, 0.29) is 5.41 Å². The average molecular weight is 345 g/mol. The summed E-state index contributed by atoms with van der Waals surface area (Å²) in [6.45, 7) is 4.13. The van der Waals surface area contributed by atoms with Crippen LogP contribution in [0.2, 0.25) is 0 Å². The Balaban J connectivity index is 1.71. The van der Waals surface area contributed by atoms with Gasteiger partial charge in [0.1, 0.15) is 5.78 Å². The fourth-order valence-electron chi connectivity index (χ4n) is 4.39. The molecule has 0 bridgehead atoms. The molecule has 2 heteroatoms. The highest BCUT2D eigenvalue weighted by Crippen LogP contribution is 2.44. The topological polar surface area (TPSA) is 29.1 Å². The Morgan fingerprint density at radius 2 is 1.77 bits per heavy atom. The maximum Gasteiger partial charge on any atom is 0.136 e. The lowest BCUT2D eigenvalue weighted by atomic mass is 9.67. The highest BCUT2D eigenvalue weighted by molar-refractivity contribution is 5.84. The molecule has 1 aliphatic heterocycles. The number of hydrogen-bond acceptors (Lipinski definition) is 2. The molecule has 2 aromatic carbocycles. The van der Waals surface area contributed by atoms with Crippen molar-refractivity contribution in [2.24, 2.45) is 5.41 Å². The Morgan fingerprint density at radius 1 is 1.04 bits per heavy atom. The second-order valence-corrected chi connectivity index (χ2v) is 7.77.